The van der Waals surface area contributed by atoms with Gasteiger partial charge in [0, 0.05) is 6.54 Å². The number of primary sulfonamides is 1. The first-order valence-corrected chi connectivity index (χ1v) is 10.3. The Balaban J connectivity index is 1.44. The van der Waals surface area contributed by atoms with Crippen LogP contribution in [0.15, 0.2) is 63.1 Å². The van der Waals surface area contributed by atoms with Crippen LogP contribution in [-0.4, -0.2) is 31.6 Å². The number of benzene rings is 2. The Morgan fingerprint density at radius 1 is 1.15 bits per heavy atom. The van der Waals surface area contributed by atoms with E-state index in [0.29, 0.717) is 23.8 Å². The van der Waals surface area contributed by atoms with Crippen molar-refractivity contribution in [3.8, 4) is 0 Å². The average Bonchev–Trinajstić information content (AvgIpc) is 3.03. The zero-order valence-electron chi connectivity index (χ0n) is 13.7. The lowest BCUT2D eigenvalue weighted by molar-refractivity contribution is -0.118. The second kappa shape index (κ2) is 7.90. The van der Waals surface area contributed by atoms with Crippen molar-refractivity contribution in [2.24, 2.45) is 5.14 Å². The topological polar surface area (TPSA) is 115 Å². The third kappa shape index (κ3) is 4.84. The van der Waals surface area contributed by atoms with Gasteiger partial charge < -0.3 is 9.73 Å². The smallest absolute Gasteiger partial charge is 0.257 e. The maximum Gasteiger partial charge on any atom is 0.257 e. The molecule has 26 heavy (non-hydrogen) atoms. The van der Waals surface area contributed by atoms with Gasteiger partial charge >= 0.3 is 0 Å². The molecule has 3 N–H and O–H groups in total. The number of carbonyl (C=O) groups excluding carboxylic acids is 1. The minimum Gasteiger partial charge on any atom is -0.431 e. The van der Waals surface area contributed by atoms with Gasteiger partial charge in [-0.15, -0.1) is 0 Å². The maximum absolute atomic E-state index is 11.9. The first-order chi connectivity index (χ1) is 12.4. The molecule has 3 aromatic rings. The van der Waals surface area contributed by atoms with Gasteiger partial charge in [-0.3, -0.25) is 4.79 Å². The zero-order valence-corrected chi connectivity index (χ0v) is 15.3. The van der Waals surface area contributed by atoms with Crippen LogP contribution in [0, 0.1) is 0 Å². The number of rotatable bonds is 7. The third-order valence-electron chi connectivity index (χ3n) is 3.59. The number of nitrogens with zero attached hydrogens (tertiary/aromatic N) is 1. The van der Waals surface area contributed by atoms with Gasteiger partial charge in [-0.25, -0.2) is 18.5 Å². The van der Waals surface area contributed by atoms with Crippen molar-refractivity contribution >= 4 is 38.8 Å². The second-order valence-electron chi connectivity index (χ2n) is 5.53. The van der Waals surface area contributed by atoms with Crippen LogP contribution in [0.25, 0.3) is 11.1 Å². The molecular weight excluding hydrogens is 374 g/mol. The van der Waals surface area contributed by atoms with E-state index in [1.807, 2.05) is 24.3 Å². The van der Waals surface area contributed by atoms with Gasteiger partial charge in [-0.05, 0) is 36.2 Å². The highest BCUT2D eigenvalue weighted by Gasteiger charge is 2.09. The number of fused-ring (bicyclic) bond motifs is 1. The molecular formula is C17H17N3O4S2. The molecule has 1 heterocycles. The van der Waals surface area contributed by atoms with Crippen molar-refractivity contribution in [1.82, 2.24) is 10.3 Å². The van der Waals surface area contributed by atoms with E-state index in [-0.39, 0.29) is 16.6 Å². The van der Waals surface area contributed by atoms with Gasteiger partial charge in [0.1, 0.15) is 5.52 Å². The molecule has 9 heteroatoms. The summed E-state index contributed by atoms with van der Waals surface area (Å²) in [5.41, 5.74) is 2.36. The summed E-state index contributed by atoms with van der Waals surface area (Å²) in [5, 5.41) is 8.32. The first kappa shape index (κ1) is 18.4. The van der Waals surface area contributed by atoms with E-state index in [4.69, 9.17) is 9.56 Å². The van der Waals surface area contributed by atoms with Crippen LogP contribution in [0.2, 0.25) is 0 Å². The molecule has 2 aromatic carbocycles. The molecule has 1 aromatic heterocycles. The number of nitrogens with two attached hydrogens (primary N) is 1. The predicted molar refractivity (Wildman–Crippen MR) is 99.3 cm³/mol. The largest absolute Gasteiger partial charge is 0.431 e. The number of oxazole rings is 1. The van der Waals surface area contributed by atoms with E-state index in [9.17, 15) is 13.2 Å². The molecule has 0 spiro atoms. The number of carbonyl (C=O) groups is 1. The van der Waals surface area contributed by atoms with E-state index < -0.39 is 10.0 Å². The summed E-state index contributed by atoms with van der Waals surface area (Å²) < 4.78 is 27.9. The Morgan fingerprint density at radius 3 is 2.58 bits per heavy atom. The number of sulfonamides is 1. The fourth-order valence-electron chi connectivity index (χ4n) is 2.28. The highest BCUT2D eigenvalue weighted by molar-refractivity contribution is 7.99. The molecule has 0 atom stereocenters. The maximum atomic E-state index is 11.9. The number of amides is 1. The lowest BCUT2D eigenvalue weighted by Gasteiger charge is -2.05. The summed E-state index contributed by atoms with van der Waals surface area (Å²) in [4.78, 5) is 16.3. The number of aromatic nitrogens is 1. The quantitative estimate of drug-likeness (QED) is 0.595. The average molecular weight is 391 g/mol. The van der Waals surface area contributed by atoms with Crippen molar-refractivity contribution in [3.63, 3.8) is 0 Å². The molecule has 0 saturated heterocycles. The van der Waals surface area contributed by atoms with Gasteiger partial charge in [0.15, 0.2) is 5.58 Å². The molecule has 0 aliphatic rings. The SMILES string of the molecule is NS(=O)(=O)c1ccc(CCNC(=O)CSc2nc3ccccc3o2)cc1. The normalized spacial score (nSPS) is 11.6. The van der Waals surface area contributed by atoms with Gasteiger partial charge in [-0.1, -0.05) is 36.0 Å². The molecule has 7 nitrogen and oxygen atoms in total. The Hall–Kier alpha value is -2.36. The number of thioether (sulfide) groups is 1. The molecule has 1 amide bonds. The Bertz CT molecular complexity index is 981. The molecule has 3 rings (SSSR count). The lowest BCUT2D eigenvalue weighted by atomic mass is 10.1. The molecule has 136 valence electrons. The van der Waals surface area contributed by atoms with Gasteiger partial charge in [0.25, 0.3) is 5.22 Å². The van der Waals surface area contributed by atoms with Gasteiger partial charge in [0.2, 0.25) is 15.9 Å². The van der Waals surface area contributed by atoms with E-state index >= 15 is 0 Å². The van der Waals surface area contributed by atoms with Crippen LogP contribution in [-0.2, 0) is 21.2 Å². The number of hydrogen-bond donors (Lipinski definition) is 2. The highest BCUT2D eigenvalue weighted by atomic mass is 32.2. The van der Waals surface area contributed by atoms with Crippen molar-refractivity contribution in [3.05, 3.63) is 54.1 Å². The molecule has 0 unspecified atom stereocenters. The Labute approximate surface area is 155 Å². The third-order valence-corrected chi connectivity index (χ3v) is 5.35. The van der Waals surface area contributed by atoms with Crippen LogP contribution in [0.5, 0.6) is 0 Å². The Morgan fingerprint density at radius 2 is 1.88 bits per heavy atom. The van der Waals surface area contributed by atoms with Crippen LogP contribution in [0.4, 0.5) is 0 Å². The highest BCUT2D eigenvalue weighted by Crippen LogP contribution is 2.22. The number of hydrogen-bond acceptors (Lipinski definition) is 6. The fraction of sp³-hybridized carbons (Fsp3) is 0.176. The number of nitrogens with one attached hydrogen (secondary N) is 1. The van der Waals surface area contributed by atoms with E-state index in [1.165, 1.54) is 23.9 Å². The minimum absolute atomic E-state index is 0.0695. The van der Waals surface area contributed by atoms with Crippen molar-refractivity contribution in [1.29, 1.82) is 0 Å². The van der Waals surface area contributed by atoms with Crippen LogP contribution >= 0.6 is 11.8 Å². The molecule has 0 saturated carbocycles. The summed E-state index contributed by atoms with van der Waals surface area (Å²) in [6.07, 6.45) is 0.587. The van der Waals surface area contributed by atoms with E-state index in [2.05, 4.69) is 10.3 Å². The van der Waals surface area contributed by atoms with Gasteiger partial charge in [0.05, 0.1) is 10.6 Å². The molecule has 0 aliphatic carbocycles. The molecule has 0 bridgehead atoms. The molecule has 0 radical (unpaired) electrons. The molecule has 0 aliphatic heterocycles. The van der Waals surface area contributed by atoms with Crippen LogP contribution in [0.1, 0.15) is 5.56 Å². The lowest BCUT2D eigenvalue weighted by Crippen LogP contribution is -2.27. The summed E-state index contributed by atoms with van der Waals surface area (Å²) >= 11 is 1.23. The van der Waals surface area contributed by atoms with Crippen molar-refractivity contribution < 1.29 is 17.6 Å². The minimum atomic E-state index is -3.68. The summed E-state index contributed by atoms with van der Waals surface area (Å²) in [6, 6.07) is 13.7. The van der Waals surface area contributed by atoms with Crippen molar-refractivity contribution in [2.75, 3.05) is 12.3 Å². The monoisotopic (exact) mass is 391 g/mol. The first-order valence-electron chi connectivity index (χ1n) is 7.78. The summed E-state index contributed by atoms with van der Waals surface area (Å²) in [7, 11) is -3.68. The van der Waals surface area contributed by atoms with Gasteiger partial charge in [-0.2, -0.15) is 0 Å². The van der Waals surface area contributed by atoms with Crippen LogP contribution in [0.3, 0.4) is 0 Å². The zero-order chi connectivity index (χ0) is 18.6. The predicted octanol–water partition coefficient (Wildman–Crippen LogP) is 1.93. The standard InChI is InChI=1S/C17H17N3O4S2/c18-26(22,23)13-7-5-12(6-8-13)9-10-19-16(21)11-25-17-20-14-3-1-2-4-15(14)24-17/h1-8H,9-11H2,(H,19,21)(H2,18,22,23). The summed E-state index contributed by atoms with van der Waals surface area (Å²) in [6.45, 7) is 0.446. The van der Waals surface area contributed by atoms with Crippen molar-refractivity contribution in [2.45, 2.75) is 16.5 Å². The fourth-order valence-corrected chi connectivity index (χ4v) is 3.47. The van der Waals surface area contributed by atoms with E-state index in [0.717, 1.165) is 11.1 Å². The van der Waals surface area contributed by atoms with E-state index in [1.54, 1.807) is 12.1 Å². The molecule has 0 fully saturated rings. The number of para-hydroxylation sites is 2. The Kier molecular flexibility index (Phi) is 5.60. The second-order valence-corrected chi connectivity index (χ2v) is 8.01. The van der Waals surface area contributed by atoms with Crippen LogP contribution < -0.4 is 10.5 Å². The summed E-state index contributed by atoms with van der Waals surface area (Å²) in [5.74, 6) is 0.0791.